The SMILES string of the molecule is Cc1ccc(N2CC(CCN[C@H](C)c3cccc4ccccc34)Oc3cc(F)ccc32)c(F)c1C(=O)O.Cl. The van der Waals surface area contributed by atoms with E-state index in [9.17, 15) is 14.3 Å². The van der Waals surface area contributed by atoms with Gasteiger partial charge in [0.05, 0.1) is 17.9 Å². The van der Waals surface area contributed by atoms with Crippen molar-refractivity contribution in [3.05, 3.63) is 101 Å². The van der Waals surface area contributed by atoms with E-state index >= 15 is 4.39 Å². The van der Waals surface area contributed by atoms with Gasteiger partial charge >= 0.3 is 5.97 Å². The largest absolute Gasteiger partial charge is 0.486 e. The third-order valence-corrected chi connectivity index (χ3v) is 6.93. The molecule has 1 aliphatic heterocycles. The molecule has 0 bridgehead atoms. The minimum Gasteiger partial charge on any atom is -0.486 e. The second kappa shape index (κ2) is 11.4. The Morgan fingerprint density at radius 2 is 1.82 bits per heavy atom. The molecule has 4 aromatic rings. The van der Waals surface area contributed by atoms with E-state index in [1.54, 1.807) is 24.0 Å². The number of anilines is 2. The van der Waals surface area contributed by atoms with E-state index in [-0.39, 0.29) is 35.8 Å². The molecule has 0 fully saturated rings. The van der Waals surface area contributed by atoms with Gasteiger partial charge in [-0.3, -0.25) is 0 Å². The number of carbonyl (C=O) groups is 1. The highest BCUT2D eigenvalue weighted by atomic mass is 35.5. The topological polar surface area (TPSA) is 61.8 Å². The molecule has 4 aromatic carbocycles. The standard InChI is InChI=1S/C30H28F2N2O3.ClH/c1-18-10-12-26(29(32)28(18)30(35)36)34-17-22(37-27-16-21(31)11-13-25(27)34)14-15-33-19(2)23-9-5-7-20-6-3-4-8-24(20)23;/h3-13,16,19,22,33H,14-15,17H2,1-2H3,(H,35,36);1H/t19-,22?;/m1./s1. The summed E-state index contributed by atoms with van der Waals surface area (Å²) < 4.78 is 35.6. The Balaban J connectivity index is 0.00000336. The average Bonchev–Trinajstić information content (AvgIpc) is 2.87. The number of aromatic carboxylic acids is 1. The van der Waals surface area contributed by atoms with E-state index in [1.807, 2.05) is 18.2 Å². The van der Waals surface area contributed by atoms with Gasteiger partial charge in [0.15, 0.2) is 5.82 Å². The molecule has 5 rings (SSSR count). The first kappa shape index (κ1) is 27.4. The van der Waals surface area contributed by atoms with Crippen LogP contribution in [0.1, 0.15) is 40.9 Å². The molecule has 38 heavy (non-hydrogen) atoms. The molecule has 2 atom stereocenters. The molecule has 0 amide bonds. The van der Waals surface area contributed by atoms with E-state index < -0.39 is 17.6 Å². The van der Waals surface area contributed by atoms with Crippen molar-refractivity contribution in [2.24, 2.45) is 0 Å². The molecule has 0 aliphatic carbocycles. The molecule has 0 spiro atoms. The quantitative estimate of drug-likeness (QED) is 0.261. The summed E-state index contributed by atoms with van der Waals surface area (Å²) in [6.45, 7) is 4.58. The molecule has 1 heterocycles. The molecule has 1 unspecified atom stereocenters. The smallest absolute Gasteiger partial charge is 0.339 e. The lowest BCUT2D eigenvalue weighted by Gasteiger charge is -2.37. The van der Waals surface area contributed by atoms with Crippen LogP contribution < -0.4 is 15.0 Å². The van der Waals surface area contributed by atoms with Crippen LogP contribution in [-0.2, 0) is 0 Å². The van der Waals surface area contributed by atoms with Crippen LogP contribution in [0.4, 0.5) is 20.2 Å². The number of halogens is 3. The van der Waals surface area contributed by atoms with Crippen molar-refractivity contribution in [1.82, 2.24) is 5.32 Å². The van der Waals surface area contributed by atoms with Crippen LogP contribution in [0, 0.1) is 18.6 Å². The monoisotopic (exact) mass is 538 g/mol. The molecule has 8 heteroatoms. The average molecular weight is 539 g/mol. The number of hydrogen-bond donors (Lipinski definition) is 2. The van der Waals surface area contributed by atoms with Crippen molar-refractivity contribution < 1.29 is 23.4 Å². The third kappa shape index (κ3) is 5.30. The molecular weight excluding hydrogens is 510 g/mol. The number of benzene rings is 4. The number of ether oxygens (including phenoxy) is 1. The van der Waals surface area contributed by atoms with Crippen molar-refractivity contribution in [2.45, 2.75) is 32.4 Å². The minimum absolute atomic E-state index is 0. The van der Waals surface area contributed by atoms with Crippen molar-refractivity contribution in [2.75, 3.05) is 18.0 Å². The summed E-state index contributed by atoms with van der Waals surface area (Å²) in [5.41, 5.74) is 1.79. The van der Waals surface area contributed by atoms with Crippen molar-refractivity contribution >= 4 is 40.5 Å². The fourth-order valence-corrected chi connectivity index (χ4v) is 5.03. The highest BCUT2D eigenvalue weighted by molar-refractivity contribution is 5.92. The number of rotatable bonds is 7. The number of hydrogen-bond acceptors (Lipinski definition) is 4. The van der Waals surface area contributed by atoms with Crippen molar-refractivity contribution in [3.8, 4) is 5.75 Å². The summed E-state index contributed by atoms with van der Waals surface area (Å²) in [6, 6.07) is 21.8. The third-order valence-electron chi connectivity index (χ3n) is 6.93. The van der Waals surface area contributed by atoms with Gasteiger partial charge in [0.1, 0.15) is 23.2 Å². The zero-order valence-electron chi connectivity index (χ0n) is 21.1. The number of nitrogens with zero attached hydrogens (tertiary/aromatic N) is 1. The molecule has 0 radical (unpaired) electrons. The Hall–Kier alpha value is -3.68. The number of carboxylic acid groups (broad SMARTS) is 1. The highest BCUT2D eigenvalue weighted by Gasteiger charge is 2.30. The van der Waals surface area contributed by atoms with E-state index in [2.05, 4.69) is 36.5 Å². The molecule has 5 nitrogen and oxygen atoms in total. The molecular formula is C30H29ClF2N2O3. The fourth-order valence-electron chi connectivity index (χ4n) is 5.03. The van der Waals surface area contributed by atoms with Gasteiger partial charge in [0, 0.05) is 12.1 Å². The zero-order valence-corrected chi connectivity index (χ0v) is 21.9. The van der Waals surface area contributed by atoms with E-state index in [0.29, 0.717) is 36.5 Å². The summed E-state index contributed by atoms with van der Waals surface area (Å²) in [4.78, 5) is 13.4. The molecule has 1 aliphatic rings. The number of fused-ring (bicyclic) bond motifs is 2. The van der Waals surface area contributed by atoms with Crippen molar-refractivity contribution in [1.29, 1.82) is 0 Å². The van der Waals surface area contributed by atoms with Crippen molar-refractivity contribution in [3.63, 3.8) is 0 Å². The van der Waals surface area contributed by atoms with E-state index in [1.165, 1.54) is 34.5 Å². The lowest BCUT2D eigenvalue weighted by atomic mass is 9.99. The summed E-state index contributed by atoms with van der Waals surface area (Å²) in [6.07, 6.45) is 0.219. The first-order valence-corrected chi connectivity index (χ1v) is 12.3. The predicted octanol–water partition coefficient (Wildman–Crippen LogP) is 7.19. The maximum atomic E-state index is 15.4. The number of aryl methyl sites for hydroxylation is 1. The Morgan fingerprint density at radius 1 is 1.08 bits per heavy atom. The van der Waals surface area contributed by atoms with Crippen LogP contribution in [-0.4, -0.2) is 30.3 Å². The maximum Gasteiger partial charge on any atom is 0.339 e. The molecule has 0 saturated heterocycles. The number of carboxylic acids is 1. The predicted molar refractivity (Wildman–Crippen MR) is 148 cm³/mol. The first-order valence-electron chi connectivity index (χ1n) is 12.3. The highest BCUT2D eigenvalue weighted by Crippen LogP contribution is 2.41. The fraction of sp³-hybridized carbons (Fsp3) is 0.233. The van der Waals surface area contributed by atoms with Gasteiger partial charge in [-0.25, -0.2) is 13.6 Å². The second-order valence-corrected chi connectivity index (χ2v) is 9.39. The summed E-state index contributed by atoms with van der Waals surface area (Å²) in [5, 5.41) is 15.5. The van der Waals surface area contributed by atoms with Crippen LogP contribution in [0.3, 0.4) is 0 Å². The normalized spacial score (nSPS) is 15.4. The Bertz CT molecular complexity index is 1470. The van der Waals surface area contributed by atoms with Gasteiger partial charge in [-0.2, -0.15) is 0 Å². The maximum absolute atomic E-state index is 15.4. The van der Waals surface area contributed by atoms with Gasteiger partial charge in [-0.1, -0.05) is 48.5 Å². The van der Waals surface area contributed by atoms with Gasteiger partial charge in [0.25, 0.3) is 0 Å². The molecule has 198 valence electrons. The zero-order chi connectivity index (χ0) is 26.1. The minimum atomic E-state index is -1.33. The van der Waals surface area contributed by atoms with Gasteiger partial charge in [-0.05, 0) is 66.9 Å². The van der Waals surface area contributed by atoms with E-state index in [4.69, 9.17) is 4.74 Å². The Labute approximate surface area is 226 Å². The molecule has 2 N–H and O–H groups in total. The first-order chi connectivity index (χ1) is 17.8. The molecule has 0 saturated carbocycles. The molecule has 0 aromatic heterocycles. The van der Waals surface area contributed by atoms with E-state index in [0.717, 1.165) is 0 Å². The summed E-state index contributed by atoms with van der Waals surface area (Å²) in [5.74, 6) is -2.30. The summed E-state index contributed by atoms with van der Waals surface area (Å²) >= 11 is 0. The van der Waals surface area contributed by atoms with Crippen LogP contribution in [0.15, 0.2) is 72.8 Å². The Morgan fingerprint density at radius 3 is 2.61 bits per heavy atom. The van der Waals surface area contributed by atoms with Gasteiger partial charge < -0.3 is 20.1 Å². The second-order valence-electron chi connectivity index (χ2n) is 9.39. The lowest BCUT2D eigenvalue weighted by Crippen LogP contribution is -2.39. The van der Waals surface area contributed by atoms with Gasteiger partial charge in [-0.15, -0.1) is 12.4 Å². The van der Waals surface area contributed by atoms with Crippen LogP contribution in [0.5, 0.6) is 5.75 Å². The number of nitrogens with one attached hydrogen (secondary N) is 1. The van der Waals surface area contributed by atoms with Crippen LogP contribution in [0.25, 0.3) is 10.8 Å². The van der Waals surface area contributed by atoms with Crippen LogP contribution in [0.2, 0.25) is 0 Å². The lowest BCUT2D eigenvalue weighted by molar-refractivity contribution is 0.0691. The van der Waals surface area contributed by atoms with Crippen LogP contribution >= 0.6 is 12.4 Å². The Kier molecular flexibility index (Phi) is 8.19. The van der Waals surface area contributed by atoms with Gasteiger partial charge in [0.2, 0.25) is 0 Å². The summed E-state index contributed by atoms with van der Waals surface area (Å²) in [7, 11) is 0.